The van der Waals surface area contributed by atoms with Crippen LogP contribution in [0.5, 0.6) is 0 Å². The van der Waals surface area contributed by atoms with E-state index in [-0.39, 0.29) is 18.3 Å². The number of aliphatic hydroxyl groups is 1. The maximum Gasteiger partial charge on any atom is 0.332 e. The highest BCUT2D eigenvalue weighted by molar-refractivity contribution is 6.02. The molecule has 0 aliphatic carbocycles. The quantitative estimate of drug-likeness (QED) is 0.271. The van der Waals surface area contributed by atoms with E-state index >= 15 is 0 Å². The molecule has 0 spiro atoms. The molecule has 184 valence electrons. The van der Waals surface area contributed by atoms with E-state index in [1.165, 1.54) is 35.4 Å². The van der Waals surface area contributed by atoms with Gasteiger partial charge in [-0.15, -0.1) is 12.4 Å². The smallest absolute Gasteiger partial charge is 0.332 e. The number of hydrogen-bond acceptors (Lipinski definition) is 9. The van der Waals surface area contributed by atoms with Crippen LogP contribution in [0.15, 0.2) is 30.3 Å². The van der Waals surface area contributed by atoms with Gasteiger partial charge < -0.3 is 25.2 Å². The first-order chi connectivity index (χ1) is 14.8. The Balaban J connectivity index is -0.000000521. The highest BCUT2D eigenvalue weighted by Gasteiger charge is 2.30. The molecule has 2 atom stereocenters. The molecule has 0 fully saturated rings. The van der Waals surface area contributed by atoms with Crippen molar-refractivity contribution in [2.75, 3.05) is 49.5 Å². The van der Waals surface area contributed by atoms with Crippen molar-refractivity contribution >= 4 is 36.2 Å². The summed E-state index contributed by atoms with van der Waals surface area (Å²) in [6.45, 7) is 0.494. The molecular weight excluding hydrogens is 444 g/mol. The van der Waals surface area contributed by atoms with Crippen LogP contribution in [0.25, 0.3) is 0 Å². The number of ether oxygens (including phenoxy) is 2. The predicted molar refractivity (Wildman–Crippen MR) is 122 cm³/mol. The second-order valence-electron chi connectivity index (χ2n) is 5.80. The average Bonchev–Trinajstić information content (AvgIpc) is 2.81. The predicted octanol–water partition coefficient (Wildman–Crippen LogP) is -1.07. The van der Waals surface area contributed by atoms with E-state index in [1.807, 2.05) is 30.3 Å². The van der Waals surface area contributed by atoms with Gasteiger partial charge in [-0.1, -0.05) is 30.3 Å². The monoisotopic (exact) mass is 478 g/mol. The summed E-state index contributed by atoms with van der Waals surface area (Å²) < 4.78 is 9.02. The van der Waals surface area contributed by atoms with E-state index in [0.29, 0.717) is 6.54 Å². The number of likely N-dealkylation sites (N-methyl/N-ethyl adjacent to an activating group) is 4. The van der Waals surface area contributed by atoms with E-state index in [9.17, 15) is 19.2 Å². The van der Waals surface area contributed by atoms with Crippen LogP contribution in [-0.2, 0) is 35.2 Å². The topological polar surface area (TPSA) is 146 Å². The van der Waals surface area contributed by atoms with Gasteiger partial charge in [0, 0.05) is 27.7 Å². The highest BCUT2D eigenvalue weighted by atomic mass is 35.5. The molecule has 12 heteroatoms. The number of amides is 2. The molecule has 0 radical (unpaired) electrons. The third-order valence-electron chi connectivity index (χ3n) is 3.87. The number of halogens is 1. The molecule has 0 aliphatic rings. The third-order valence-corrected chi connectivity index (χ3v) is 3.87. The van der Waals surface area contributed by atoms with Gasteiger partial charge in [-0.2, -0.15) is 0 Å². The van der Waals surface area contributed by atoms with Gasteiger partial charge in [0.15, 0.2) is 12.1 Å². The molecule has 2 unspecified atom stereocenters. The van der Waals surface area contributed by atoms with E-state index < -0.39 is 29.9 Å². The van der Waals surface area contributed by atoms with E-state index in [2.05, 4.69) is 25.4 Å². The molecule has 0 bridgehead atoms. The Morgan fingerprint density at radius 2 is 1.38 bits per heavy atom. The van der Waals surface area contributed by atoms with E-state index in [4.69, 9.17) is 5.11 Å². The SMILES string of the molecule is CNC(=O)C(C(=O)OC)N(C)Cc1ccccc1.CNC(=O)C(NC)C(=O)OC.CO.Cl. The van der Waals surface area contributed by atoms with Crippen molar-refractivity contribution in [3.05, 3.63) is 35.9 Å². The van der Waals surface area contributed by atoms with Gasteiger partial charge >= 0.3 is 11.9 Å². The Bertz CT molecular complexity index is 645. The van der Waals surface area contributed by atoms with Crippen LogP contribution in [0.2, 0.25) is 0 Å². The molecule has 0 heterocycles. The zero-order valence-corrected chi connectivity index (χ0v) is 20.3. The summed E-state index contributed by atoms with van der Waals surface area (Å²) >= 11 is 0. The van der Waals surface area contributed by atoms with E-state index in [1.54, 1.807) is 11.9 Å². The largest absolute Gasteiger partial charge is 0.467 e. The first-order valence-corrected chi connectivity index (χ1v) is 9.22. The molecule has 1 aromatic carbocycles. The lowest BCUT2D eigenvalue weighted by molar-refractivity contribution is -0.151. The van der Waals surface area contributed by atoms with Gasteiger partial charge in [0.1, 0.15) is 0 Å². The minimum Gasteiger partial charge on any atom is -0.467 e. The number of carbonyl (C=O) groups excluding carboxylic acids is 4. The Labute approximate surface area is 195 Å². The van der Waals surface area contributed by atoms with Crippen LogP contribution in [0.4, 0.5) is 0 Å². The first-order valence-electron chi connectivity index (χ1n) is 9.22. The number of benzene rings is 1. The second kappa shape index (κ2) is 20.2. The number of nitrogens with one attached hydrogen (secondary N) is 3. The number of carbonyl (C=O) groups is 4. The standard InChI is InChI=1S/C13H18N2O3.C6H12N2O3.CH4O.ClH/c1-14-12(16)11(13(17)18-3)15(2)9-10-7-5-4-6-8-10;1-7-4(5(9)8-2)6(10)11-3;1-2;/h4-8,11H,9H2,1-3H3,(H,14,16);4,7H,1-3H3,(H,8,9);2H,1H3;1H. The summed E-state index contributed by atoms with van der Waals surface area (Å²) in [5.41, 5.74) is 1.03. The number of methoxy groups -OCH3 is 2. The van der Waals surface area contributed by atoms with Gasteiger partial charge in [-0.05, 0) is 19.7 Å². The third kappa shape index (κ3) is 12.2. The van der Waals surface area contributed by atoms with Gasteiger partial charge in [0.05, 0.1) is 14.2 Å². The molecule has 2 amide bonds. The van der Waals surface area contributed by atoms with Gasteiger partial charge in [-0.25, -0.2) is 9.59 Å². The van der Waals surface area contributed by atoms with Gasteiger partial charge in [0.25, 0.3) is 0 Å². The summed E-state index contributed by atoms with van der Waals surface area (Å²) in [6.07, 6.45) is 0. The van der Waals surface area contributed by atoms with Crippen molar-refractivity contribution in [3.8, 4) is 0 Å². The number of esters is 2. The molecule has 0 aromatic heterocycles. The number of rotatable bonds is 8. The molecule has 4 N–H and O–H groups in total. The van der Waals surface area contributed by atoms with Gasteiger partial charge in [-0.3, -0.25) is 19.8 Å². The fourth-order valence-corrected chi connectivity index (χ4v) is 2.32. The van der Waals surface area contributed by atoms with Gasteiger partial charge in [0.2, 0.25) is 11.8 Å². The molecule has 0 aliphatic heterocycles. The lowest BCUT2D eigenvalue weighted by Gasteiger charge is -2.24. The maximum absolute atomic E-state index is 11.7. The molecular formula is C20H35ClN4O7. The minimum absolute atomic E-state index is 0. The van der Waals surface area contributed by atoms with Crippen LogP contribution >= 0.6 is 12.4 Å². The van der Waals surface area contributed by atoms with Crippen LogP contribution in [-0.4, -0.2) is 95.4 Å². The Hall–Kier alpha value is -2.73. The summed E-state index contributed by atoms with van der Waals surface area (Å²) in [4.78, 5) is 46.6. The average molecular weight is 479 g/mol. The van der Waals surface area contributed by atoms with Crippen LogP contribution < -0.4 is 16.0 Å². The van der Waals surface area contributed by atoms with Crippen molar-refractivity contribution in [3.63, 3.8) is 0 Å². The Morgan fingerprint density at radius 1 is 0.906 bits per heavy atom. The van der Waals surface area contributed by atoms with Crippen molar-refractivity contribution in [2.24, 2.45) is 0 Å². The first kappa shape index (κ1) is 33.9. The fraction of sp³-hybridized carbons (Fsp3) is 0.500. The van der Waals surface area contributed by atoms with Crippen molar-refractivity contribution in [1.82, 2.24) is 20.9 Å². The second-order valence-corrected chi connectivity index (χ2v) is 5.80. The van der Waals surface area contributed by atoms with Crippen molar-refractivity contribution in [1.29, 1.82) is 0 Å². The highest BCUT2D eigenvalue weighted by Crippen LogP contribution is 2.07. The molecule has 32 heavy (non-hydrogen) atoms. The zero-order valence-electron chi connectivity index (χ0n) is 19.5. The normalized spacial score (nSPS) is 11.0. The van der Waals surface area contributed by atoms with Crippen LogP contribution in [0.1, 0.15) is 5.56 Å². The number of nitrogens with zero attached hydrogens (tertiary/aromatic N) is 1. The minimum atomic E-state index is -0.930. The number of aliphatic hydroxyl groups excluding tert-OH is 1. The molecule has 0 saturated carbocycles. The van der Waals surface area contributed by atoms with Crippen LogP contribution in [0, 0.1) is 0 Å². The van der Waals surface area contributed by atoms with E-state index in [0.717, 1.165) is 12.7 Å². The fourth-order valence-electron chi connectivity index (χ4n) is 2.32. The summed E-state index contributed by atoms with van der Waals surface area (Å²) in [5.74, 6) is -1.93. The Morgan fingerprint density at radius 3 is 1.75 bits per heavy atom. The zero-order chi connectivity index (χ0) is 24.4. The Kier molecular flexibility index (Phi) is 21.4. The molecule has 11 nitrogen and oxygen atoms in total. The summed E-state index contributed by atoms with van der Waals surface area (Å²) in [5, 5.41) is 14.3. The lowest BCUT2D eigenvalue weighted by atomic mass is 10.1. The summed E-state index contributed by atoms with van der Waals surface area (Å²) in [7, 11) is 9.68. The van der Waals surface area contributed by atoms with Crippen molar-refractivity contribution in [2.45, 2.75) is 18.6 Å². The summed E-state index contributed by atoms with van der Waals surface area (Å²) in [6, 6.07) is 7.78. The molecule has 1 rings (SSSR count). The maximum atomic E-state index is 11.7. The molecule has 1 aromatic rings. The van der Waals surface area contributed by atoms with Crippen molar-refractivity contribution < 1.29 is 33.8 Å². The molecule has 0 saturated heterocycles. The van der Waals surface area contributed by atoms with Crippen LogP contribution in [0.3, 0.4) is 0 Å². The number of hydrogen-bond donors (Lipinski definition) is 4. The lowest BCUT2D eigenvalue weighted by Crippen LogP contribution is -2.49.